The fourth-order valence-electron chi connectivity index (χ4n) is 1.23. The van der Waals surface area contributed by atoms with Crippen molar-refractivity contribution >= 4 is 15.1 Å². The zero-order chi connectivity index (χ0) is 12.6. The predicted octanol–water partition coefficient (Wildman–Crippen LogP) is 2.44. The van der Waals surface area contributed by atoms with E-state index in [1.165, 1.54) is 12.1 Å². The topological polar surface area (TPSA) is 71.4 Å². The summed E-state index contributed by atoms with van der Waals surface area (Å²) in [6.45, 7) is 5.98. The molecule has 0 aromatic heterocycles. The zero-order valence-corrected chi connectivity index (χ0v) is 10.2. The van der Waals surface area contributed by atoms with Gasteiger partial charge in [-0.25, -0.2) is 13.2 Å². The Hall–Kier alpha value is -1.36. The number of carboxylic acid groups (broad SMARTS) is 1. The summed E-state index contributed by atoms with van der Waals surface area (Å²) in [4.78, 5) is 10.3. The van der Waals surface area contributed by atoms with E-state index in [-0.39, 0.29) is 10.3 Å². The number of hydrogen-bond donors (Lipinski definition) is 1. The largest absolute Gasteiger partial charge is 0.469 e. The first-order chi connectivity index (χ1) is 7.15. The Labute approximate surface area is 94.8 Å². The molecule has 0 spiro atoms. The first kappa shape index (κ1) is 12.7. The van der Waals surface area contributed by atoms with E-state index in [1.807, 2.05) is 20.8 Å². The van der Waals surface area contributed by atoms with Gasteiger partial charge in [-0.15, -0.1) is 0 Å². The van der Waals surface area contributed by atoms with Crippen molar-refractivity contribution in [1.29, 1.82) is 0 Å². The molecule has 0 bridgehead atoms. The number of sulfone groups is 1. The van der Waals surface area contributed by atoms with Crippen LogP contribution in [0, 0.1) is 0 Å². The average Bonchev–Trinajstić information content (AvgIpc) is 2.16. The third-order valence-corrected chi connectivity index (χ3v) is 3.61. The minimum Gasteiger partial charge on any atom is -0.469 e. The third-order valence-electron chi connectivity index (χ3n) is 2.26. The number of benzene rings is 1. The van der Waals surface area contributed by atoms with Crippen LogP contribution in [0.25, 0.3) is 0 Å². The van der Waals surface area contributed by atoms with Crippen LogP contribution in [0.5, 0.6) is 0 Å². The summed E-state index contributed by atoms with van der Waals surface area (Å²) in [5.41, 5.74) is 0.864. The molecule has 0 unspecified atom stereocenters. The van der Waals surface area contributed by atoms with Crippen molar-refractivity contribution in [3.05, 3.63) is 29.8 Å². The summed E-state index contributed by atoms with van der Waals surface area (Å²) in [6.07, 6.45) is 0. The van der Waals surface area contributed by atoms with E-state index in [9.17, 15) is 13.2 Å². The lowest BCUT2D eigenvalue weighted by Crippen LogP contribution is -2.14. The van der Waals surface area contributed by atoms with Crippen LogP contribution in [0.4, 0.5) is 4.79 Å². The molecule has 0 aliphatic rings. The quantitative estimate of drug-likeness (QED) is 0.821. The van der Waals surface area contributed by atoms with Crippen molar-refractivity contribution in [3.63, 3.8) is 0 Å². The van der Waals surface area contributed by atoms with Crippen molar-refractivity contribution in [1.82, 2.24) is 0 Å². The second-order valence-corrected chi connectivity index (χ2v) is 6.37. The predicted molar refractivity (Wildman–Crippen MR) is 60.4 cm³/mol. The Kier molecular flexibility index (Phi) is 3.10. The Morgan fingerprint density at radius 2 is 1.56 bits per heavy atom. The van der Waals surface area contributed by atoms with Gasteiger partial charge in [-0.05, 0) is 23.1 Å². The molecule has 1 rings (SSSR count). The van der Waals surface area contributed by atoms with Crippen LogP contribution in [-0.4, -0.2) is 18.8 Å². The maximum absolute atomic E-state index is 11.3. The summed E-state index contributed by atoms with van der Waals surface area (Å²) in [5.74, 6) is 0. The second-order valence-electron chi connectivity index (χ2n) is 4.54. The molecule has 88 valence electrons. The molecule has 0 atom stereocenters. The van der Waals surface area contributed by atoms with Gasteiger partial charge < -0.3 is 5.11 Å². The maximum Gasteiger partial charge on any atom is 0.427 e. The minimum atomic E-state index is -4.22. The third kappa shape index (κ3) is 2.41. The normalized spacial score (nSPS) is 12.4. The Bertz CT molecular complexity index is 492. The minimum absolute atomic E-state index is 0.0918. The number of carbonyl (C=O) groups is 1. The fourth-order valence-corrected chi connectivity index (χ4v) is 1.93. The smallest absolute Gasteiger partial charge is 0.427 e. The Morgan fingerprint density at radius 1 is 1.12 bits per heavy atom. The van der Waals surface area contributed by atoms with Crippen molar-refractivity contribution in [2.45, 2.75) is 31.1 Å². The molecule has 1 aromatic rings. The van der Waals surface area contributed by atoms with Gasteiger partial charge in [-0.3, -0.25) is 0 Å². The van der Waals surface area contributed by atoms with Crippen molar-refractivity contribution < 1.29 is 18.3 Å². The van der Waals surface area contributed by atoms with Crippen molar-refractivity contribution in [2.75, 3.05) is 0 Å². The molecule has 0 fully saturated rings. The van der Waals surface area contributed by atoms with Gasteiger partial charge in [0.05, 0.1) is 4.90 Å². The zero-order valence-electron chi connectivity index (χ0n) is 9.39. The lowest BCUT2D eigenvalue weighted by Gasteiger charge is -2.18. The van der Waals surface area contributed by atoms with E-state index < -0.39 is 15.1 Å². The van der Waals surface area contributed by atoms with Crippen LogP contribution in [0.3, 0.4) is 0 Å². The highest BCUT2D eigenvalue weighted by molar-refractivity contribution is 8.05. The first-order valence-corrected chi connectivity index (χ1v) is 6.22. The van der Waals surface area contributed by atoms with Crippen LogP contribution in [-0.2, 0) is 15.3 Å². The molecule has 1 aromatic carbocycles. The molecule has 5 heteroatoms. The molecule has 16 heavy (non-hydrogen) atoms. The van der Waals surface area contributed by atoms with Crippen molar-refractivity contribution in [2.24, 2.45) is 0 Å². The highest BCUT2D eigenvalue weighted by Gasteiger charge is 2.24. The fraction of sp³-hybridized carbons (Fsp3) is 0.364. The lowest BCUT2D eigenvalue weighted by atomic mass is 9.87. The van der Waals surface area contributed by atoms with Gasteiger partial charge in [0.15, 0.2) is 0 Å². The van der Waals surface area contributed by atoms with Gasteiger partial charge >= 0.3 is 5.30 Å². The highest BCUT2D eigenvalue weighted by Crippen LogP contribution is 2.23. The first-order valence-electron chi connectivity index (χ1n) is 4.74. The number of hydrogen-bond acceptors (Lipinski definition) is 3. The molecule has 1 N–H and O–H groups in total. The van der Waals surface area contributed by atoms with Gasteiger partial charge in [-0.2, -0.15) is 0 Å². The summed E-state index contributed by atoms with van der Waals surface area (Å²) >= 11 is 0. The van der Waals surface area contributed by atoms with Crippen LogP contribution < -0.4 is 0 Å². The van der Waals surface area contributed by atoms with E-state index >= 15 is 0 Å². The average molecular weight is 242 g/mol. The van der Waals surface area contributed by atoms with E-state index in [0.717, 1.165) is 5.56 Å². The maximum atomic E-state index is 11.3. The van der Waals surface area contributed by atoms with E-state index in [2.05, 4.69) is 0 Å². The summed E-state index contributed by atoms with van der Waals surface area (Å²) < 4.78 is 22.6. The van der Waals surface area contributed by atoms with Crippen LogP contribution in [0.15, 0.2) is 29.2 Å². The molecule has 4 nitrogen and oxygen atoms in total. The number of rotatable bonds is 1. The SMILES string of the molecule is CC(C)(C)c1ccc(S(=O)(=O)C(=O)O)cc1. The summed E-state index contributed by atoms with van der Waals surface area (Å²) in [5, 5.41) is 6.71. The monoisotopic (exact) mass is 242 g/mol. The highest BCUT2D eigenvalue weighted by atomic mass is 32.2. The van der Waals surface area contributed by atoms with E-state index in [4.69, 9.17) is 5.11 Å². The van der Waals surface area contributed by atoms with Crippen LogP contribution in [0.2, 0.25) is 0 Å². The van der Waals surface area contributed by atoms with Gasteiger partial charge in [0.25, 0.3) is 9.84 Å². The lowest BCUT2D eigenvalue weighted by molar-refractivity contribution is 0.219. The molecule has 0 heterocycles. The Morgan fingerprint density at radius 3 is 1.88 bits per heavy atom. The summed E-state index contributed by atoms with van der Waals surface area (Å²) in [6, 6.07) is 5.92. The van der Waals surface area contributed by atoms with Crippen LogP contribution in [0.1, 0.15) is 26.3 Å². The molecule has 0 aliphatic carbocycles. The van der Waals surface area contributed by atoms with Crippen molar-refractivity contribution in [3.8, 4) is 0 Å². The van der Waals surface area contributed by atoms with E-state index in [0.29, 0.717) is 0 Å². The second kappa shape index (κ2) is 3.90. The molecular formula is C11H14O4S. The van der Waals surface area contributed by atoms with E-state index in [1.54, 1.807) is 12.1 Å². The standard InChI is InChI=1S/C11H14O4S/c1-11(2,3)8-4-6-9(7-5-8)16(14,15)10(12)13/h4-7H,1-3H3,(H,12,13). The molecule has 0 saturated carbocycles. The van der Waals surface area contributed by atoms with Crippen LogP contribution >= 0.6 is 0 Å². The molecule has 0 aliphatic heterocycles. The molecule has 0 amide bonds. The van der Waals surface area contributed by atoms with Gasteiger partial charge in [0.1, 0.15) is 0 Å². The van der Waals surface area contributed by atoms with Gasteiger partial charge in [0.2, 0.25) is 0 Å². The Balaban J connectivity index is 3.20. The molecule has 0 saturated heterocycles. The summed E-state index contributed by atoms with van der Waals surface area (Å²) in [7, 11) is -4.22. The van der Waals surface area contributed by atoms with Gasteiger partial charge in [-0.1, -0.05) is 32.9 Å². The molecule has 0 radical (unpaired) electrons. The molecular weight excluding hydrogens is 228 g/mol. The van der Waals surface area contributed by atoms with Gasteiger partial charge in [0, 0.05) is 0 Å².